The van der Waals surface area contributed by atoms with E-state index in [1.807, 2.05) is 11.8 Å². The summed E-state index contributed by atoms with van der Waals surface area (Å²) in [5.41, 5.74) is 0. The molecule has 0 aliphatic carbocycles. The Morgan fingerprint density at radius 1 is 1.00 bits per heavy atom. The molecule has 0 radical (unpaired) electrons. The molecule has 0 aliphatic rings. The SMILES string of the molecule is SSCSCSS. The van der Waals surface area contributed by atoms with E-state index in [0.29, 0.717) is 0 Å². The first-order valence-corrected chi connectivity index (χ1v) is 6.75. The molecular weight excluding hydrogens is 184 g/mol. The number of thioether (sulfide) groups is 1. The van der Waals surface area contributed by atoms with Crippen molar-refractivity contribution in [1.82, 2.24) is 0 Å². The molecule has 0 fully saturated rings. The molecule has 44 valence electrons. The van der Waals surface area contributed by atoms with Crippen LogP contribution in [0.2, 0.25) is 0 Å². The smallest absolute Gasteiger partial charge is 0.0502 e. The summed E-state index contributed by atoms with van der Waals surface area (Å²) in [5, 5.41) is 2.10. The fraction of sp³-hybridized carbons (Fsp3) is 1.00. The Kier molecular flexibility index (Phi) is 9.69. The van der Waals surface area contributed by atoms with Gasteiger partial charge in [0.05, 0.1) is 10.2 Å². The third-order valence-electron chi connectivity index (χ3n) is 0.272. The lowest BCUT2D eigenvalue weighted by Crippen LogP contribution is -1.63. The lowest BCUT2D eigenvalue weighted by atomic mass is 11.9. The van der Waals surface area contributed by atoms with E-state index in [2.05, 4.69) is 23.3 Å². The molecule has 0 aromatic heterocycles. The van der Waals surface area contributed by atoms with Crippen LogP contribution in [0.15, 0.2) is 0 Å². The average Bonchev–Trinajstić information content (AvgIpc) is 1.69. The Hall–Kier alpha value is 1.75. The fourth-order valence-corrected chi connectivity index (χ4v) is 2.93. The van der Waals surface area contributed by atoms with Crippen molar-refractivity contribution in [1.29, 1.82) is 0 Å². The van der Waals surface area contributed by atoms with Crippen LogP contribution in [0, 0.1) is 0 Å². The Balaban J connectivity index is 2.45. The zero-order chi connectivity index (χ0) is 5.54. The van der Waals surface area contributed by atoms with Crippen LogP contribution in [0.5, 0.6) is 0 Å². The summed E-state index contributed by atoms with van der Waals surface area (Å²) in [5.74, 6) is 0. The second kappa shape index (κ2) is 7.75. The molecule has 0 aromatic carbocycles. The number of hydrogen-bond donors (Lipinski definition) is 2. The van der Waals surface area contributed by atoms with Crippen molar-refractivity contribution in [2.45, 2.75) is 0 Å². The van der Waals surface area contributed by atoms with Crippen molar-refractivity contribution in [3.8, 4) is 0 Å². The summed E-state index contributed by atoms with van der Waals surface area (Å²) in [6.45, 7) is 0. The maximum atomic E-state index is 3.96. The minimum atomic E-state index is 1.05. The fourth-order valence-electron chi connectivity index (χ4n) is 0.109. The van der Waals surface area contributed by atoms with Crippen molar-refractivity contribution in [2.75, 3.05) is 10.2 Å². The quantitative estimate of drug-likeness (QED) is 0.303. The Morgan fingerprint density at radius 3 is 1.71 bits per heavy atom. The summed E-state index contributed by atoms with van der Waals surface area (Å²) in [6.07, 6.45) is 0. The number of rotatable bonds is 4. The molecule has 0 atom stereocenters. The van der Waals surface area contributed by atoms with Gasteiger partial charge in [0.15, 0.2) is 0 Å². The van der Waals surface area contributed by atoms with E-state index in [4.69, 9.17) is 0 Å². The van der Waals surface area contributed by atoms with Crippen molar-refractivity contribution in [2.24, 2.45) is 0 Å². The van der Waals surface area contributed by atoms with Crippen LogP contribution in [0.4, 0.5) is 0 Å². The normalized spacial score (nSPS) is 9.43. The van der Waals surface area contributed by atoms with Gasteiger partial charge in [-0.1, -0.05) is 21.6 Å². The van der Waals surface area contributed by atoms with Crippen LogP contribution in [0.1, 0.15) is 0 Å². The molecule has 0 heterocycles. The van der Waals surface area contributed by atoms with Gasteiger partial charge in [0.1, 0.15) is 0 Å². The molecule has 5 heteroatoms. The minimum absolute atomic E-state index is 1.05. The summed E-state index contributed by atoms with van der Waals surface area (Å²) in [6, 6.07) is 0. The highest BCUT2D eigenvalue weighted by molar-refractivity contribution is 8.72. The van der Waals surface area contributed by atoms with E-state index in [0.717, 1.165) is 10.2 Å². The van der Waals surface area contributed by atoms with Crippen LogP contribution >= 0.6 is 56.7 Å². The molecule has 0 aliphatic heterocycles. The van der Waals surface area contributed by atoms with Crippen molar-refractivity contribution in [3.63, 3.8) is 0 Å². The minimum Gasteiger partial charge on any atom is -0.138 e. The molecule has 0 rings (SSSR count). The predicted molar refractivity (Wildman–Crippen MR) is 50.5 cm³/mol. The molecule has 0 spiro atoms. The lowest BCUT2D eigenvalue weighted by molar-refractivity contribution is 2.19. The van der Waals surface area contributed by atoms with Crippen LogP contribution in [0.3, 0.4) is 0 Å². The van der Waals surface area contributed by atoms with E-state index in [1.54, 1.807) is 21.6 Å². The Morgan fingerprint density at radius 2 is 1.43 bits per heavy atom. The maximum Gasteiger partial charge on any atom is 0.0502 e. The van der Waals surface area contributed by atoms with Crippen molar-refractivity contribution >= 4 is 56.7 Å². The topological polar surface area (TPSA) is 0 Å². The van der Waals surface area contributed by atoms with Crippen LogP contribution in [-0.4, -0.2) is 10.2 Å². The maximum absolute atomic E-state index is 3.96. The number of hydrogen-bond acceptors (Lipinski definition) is 5. The van der Waals surface area contributed by atoms with Gasteiger partial charge >= 0.3 is 0 Å². The summed E-state index contributed by atoms with van der Waals surface area (Å²) in [4.78, 5) is 0. The summed E-state index contributed by atoms with van der Waals surface area (Å²) < 4.78 is 0. The zero-order valence-electron chi connectivity index (χ0n) is 3.53. The van der Waals surface area contributed by atoms with Gasteiger partial charge in [0.2, 0.25) is 0 Å². The molecule has 0 saturated heterocycles. The third kappa shape index (κ3) is 7.75. The molecule has 0 unspecified atom stereocenters. The van der Waals surface area contributed by atoms with Gasteiger partial charge in [-0.25, -0.2) is 0 Å². The standard InChI is InChI=1S/C2H6S5/c3-6-1-5-2-7-4/h3-4H,1-2H2. The first-order chi connectivity index (χ1) is 3.41. The first kappa shape index (κ1) is 8.75. The molecule has 0 bridgehead atoms. The summed E-state index contributed by atoms with van der Waals surface area (Å²) >= 11 is 9.74. The first-order valence-electron chi connectivity index (χ1n) is 1.52. The van der Waals surface area contributed by atoms with Gasteiger partial charge in [-0.15, -0.1) is 35.1 Å². The van der Waals surface area contributed by atoms with Gasteiger partial charge in [0, 0.05) is 0 Å². The van der Waals surface area contributed by atoms with E-state index < -0.39 is 0 Å². The third-order valence-corrected chi connectivity index (χ3v) is 4.35. The molecular formula is C2H6S5. The molecule has 0 N–H and O–H groups in total. The van der Waals surface area contributed by atoms with Crippen LogP contribution < -0.4 is 0 Å². The zero-order valence-corrected chi connectivity index (χ0v) is 7.77. The second-order valence-corrected chi connectivity index (χ2v) is 5.06. The van der Waals surface area contributed by atoms with Gasteiger partial charge in [-0.05, 0) is 0 Å². The van der Waals surface area contributed by atoms with E-state index in [1.165, 1.54) is 0 Å². The van der Waals surface area contributed by atoms with Crippen LogP contribution in [0.25, 0.3) is 0 Å². The molecule has 0 amide bonds. The highest BCUT2D eigenvalue weighted by Gasteiger charge is 1.81. The van der Waals surface area contributed by atoms with E-state index in [-0.39, 0.29) is 0 Å². The average molecular weight is 190 g/mol. The molecule has 0 aromatic rings. The van der Waals surface area contributed by atoms with Gasteiger partial charge in [0.25, 0.3) is 0 Å². The van der Waals surface area contributed by atoms with Crippen molar-refractivity contribution < 1.29 is 0 Å². The Labute approximate surface area is 66.6 Å². The second-order valence-electron chi connectivity index (χ2n) is 0.698. The highest BCUT2D eigenvalue weighted by Crippen LogP contribution is 2.20. The molecule has 0 nitrogen and oxygen atoms in total. The van der Waals surface area contributed by atoms with E-state index in [9.17, 15) is 0 Å². The molecule has 7 heavy (non-hydrogen) atoms. The van der Waals surface area contributed by atoms with Crippen LogP contribution in [-0.2, 0) is 0 Å². The monoisotopic (exact) mass is 190 g/mol. The van der Waals surface area contributed by atoms with Crippen molar-refractivity contribution in [3.05, 3.63) is 0 Å². The van der Waals surface area contributed by atoms with Gasteiger partial charge < -0.3 is 0 Å². The predicted octanol–water partition coefficient (Wildman–Crippen LogP) is 2.79. The van der Waals surface area contributed by atoms with Gasteiger partial charge in [-0.2, -0.15) is 0 Å². The summed E-state index contributed by atoms with van der Waals surface area (Å²) in [7, 11) is 3.10. The van der Waals surface area contributed by atoms with Gasteiger partial charge in [-0.3, -0.25) is 0 Å². The Bertz CT molecular complexity index is 25.3. The highest BCUT2D eigenvalue weighted by atomic mass is 33.1. The van der Waals surface area contributed by atoms with E-state index >= 15 is 0 Å². The number of thiol groups is 2. The lowest BCUT2D eigenvalue weighted by Gasteiger charge is -1.89. The molecule has 0 saturated carbocycles. The largest absolute Gasteiger partial charge is 0.138 e.